The van der Waals surface area contributed by atoms with Crippen LogP contribution in [-0.2, 0) is 0 Å². The Morgan fingerprint density at radius 2 is 0.692 bits per heavy atom. The zero-order valence-corrected chi connectivity index (χ0v) is 29.6. The second-order valence-electron chi connectivity index (χ2n) is 12.2. The monoisotopic (exact) mass is 545 g/mol. The molecule has 0 unspecified atom stereocenters. The summed E-state index contributed by atoms with van der Waals surface area (Å²) in [5, 5.41) is 18.5. The van der Waals surface area contributed by atoms with Gasteiger partial charge in [0.1, 0.15) is 11.5 Å². The van der Waals surface area contributed by atoms with Crippen LogP contribution < -0.4 is 0 Å². The molecule has 0 heterocycles. The number of hydrogen-bond acceptors (Lipinski definition) is 2. The highest BCUT2D eigenvalue weighted by atomic mass is 16.3. The van der Waals surface area contributed by atoms with E-state index < -0.39 is 0 Å². The van der Waals surface area contributed by atoms with Crippen LogP contribution >= 0.6 is 0 Å². The average molecular weight is 545 g/mol. The Bertz CT molecular complexity index is 831. The number of rotatable bonds is 1. The van der Waals surface area contributed by atoms with E-state index >= 15 is 0 Å². The normalized spacial score (nSPS) is 18.7. The number of phenolic OH excluding ortho intramolecular Hbond substituents is 2. The maximum absolute atomic E-state index is 9.70. The first-order valence-electron chi connectivity index (χ1n) is 15.5. The van der Waals surface area contributed by atoms with Crippen molar-refractivity contribution in [3.63, 3.8) is 0 Å². The average Bonchev–Trinajstić information content (AvgIpc) is 2.91. The first-order valence-corrected chi connectivity index (χ1v) is 15.5. The second-order valence-corrected chi connectivity index (χ2v) is 12.2. The minimum Gasteiger partial charge on any atom is -0.508 e. The summed E-state index contributed by atoms with van der Waals surface area (Å²) in [7, 11) is 0. The molecule has 0 spiro atoms. The van der Waals surface area contributed by atoms with Gasteiger partial charge in [-0.3, -0.25) is 0 Å². The van der Waals surface area contributed by atoms with E-state index in [2.05, 4.69) is 81.4 Å². The topological polar surface area (TPSA) is 40.5 Å². The molecule has 1 fully saturated rings. The summed E-state index contributed by atoms with van der Waals surface area (Å²) in [6.07, 6.45) is 0. The molecule has 0 bridgehead atoms. The molecule has 0 amide bonds. The maximum Gasteiger partial charge on any atom is 0.115 e. The van der Waals surface area contributed by atoms with E-state index in [9.17, 15) is 5.11 Å². The van der Waals surface area contributed by atoms with Gasteiger partial charge in [0.25, 0.3) is 0 Å². The highest BCUT2D eigenvalue weighted by Crippen LogP contribution is 2.76. The van der Waals surface area contributed by atoms with E-state index in [1.54, 1.807) is 12.1 Å². The minimum atomic E-state index is 0.131. The van der Waals surface area contributed by atoms with Crippen LogP contribution in [0.15, 0.2) is 48.5 Å². The Morgan fingerprint density at radius 3 is 0.949 bits per heavy atom. The van der Waals surface area contributed by atoms with E-state index in [-0.39, 0.29) is 27.1 Å². The molecule has 2 heteroatoms. The minimum absolute atomic E-state index is 0.131. The molecule has 2 nitrogen and oxygen atoms in total. The van der Waals surface area contributed by atoms with Crippen LogP contribution in [0.4, 0.5) is 0 Å². The molecule has 0 atom stereocenters. The van der Waals surface area contributed by atoms with E-state index in [1.807, 2.05) is 86.6 Å². The molecule has 1 saturated carbocycles. The molecule has 0 radical (unpaired) electrons. The predicted molar refractivity (Wildman–Crippen MR) is 178 cm³/mol. The SMILES string of the molecule is CC.CC.CC.CC.CC1(C)C(c2ccc(O)cc2)C(C)(C)C(C)(C)C(C)(C)C1(C)C.Cc1ccc(O)cc1. The number of phenols is 2. The number of benzene rings is 2. The summed E-state index contributed by atoms with van der Waals surface area (Å²) in [4.78, 5) is 0. The fraction of sp³-hybridized carbons (Fsp3) is 0.676. The highest BCUT2D eigenvalue weighted by molar-refractivity contribution is 5.34. The van der Waals surface area contributed by atoms with Crippen molar-refractivity contribution in [2.24, 2.45) is 27.1 Å². The van der Waals surface area contributed by atoms with E-state index in [4.69, 9.17) is 5.11 Å². The largest absolute Gasteiger partial charge is 0.508 e. The van der Waals surface area contributed by atoms with Crippen LogP contribution in [-0.4, -0.2) is 10.2 Å². The number of hydrogen-bond donors (Lipinski definition) is 2. The van der Waals surface area contributed by atoms with Crippen molar-refractivity contribution in [3.05, 3.63) is 59.7 Å². The third-order valence-corrected chi connectivity index (χ3v) is 10.1. The molecule has 228 valence electrons. The fourth-order valence-electron chi connectivity index (χ4n) is 6.06. The maximum atomic E-state index is 9.70. The van der Waals surface area contributed by atoms with Crippen molar-refractivity contribution in [3.8, 4) is 11.5 Å². The van der Waals surface area contributed by atoms with Crippen LogP contribution in [0.1, 0.15) is 142 Å². The van der Waals surface area contributed by atoms with Gasteiger partial charge in [-0.25, -0.2) is 0 Å². The van der Waals surface area contributed by atoms with Crippen molar-refractivity contribution in [1.29, 1.82) is 0 Å². The van der Waals surface area contributed by atoms with Crippen LogP contribution in [0.2, 0.25) is 0 Å². The van der Waals surface area contributed by atoms with Crippen molar-refractivity contribution in [2.45, 2.75) is 137 Å². The second kappa shape index (κ2) is 17.0. The van der Waals surface area contributed by atoms with Gasteiger partial charge >= 0.3 is 0 Å². The summed E-state index contributed by atoms with van der Waals surface area (Å²) in [5.41, 5.74) is 3.31. The summed E-state index contributed by atoms with van der Waals surface area (Å²) in [5.74, 6) is 1.10. The molecule has 1 aliphatic carbocycles. The molecule has 39 heavy (non-hydrogen) atoms. The molecular formula is C37H68O2. The summed E-state index contributed by atoms with van der Waals surface area (Å²) >= 11 is 0. The molecule has 1 aliphatic rings. The van der Waals surface area contributed by atoms with E-state index in [1.165, 1.54) is 11.1 Å². The Morgan fingerprint density at radius 1 is 0.436 bits per heavy atom. The van der Waals surface area contributed by atoms with Gasteiger partial charge in [-0.15, -0.1) is 0 Å². The van der Waals surface area contributed by atoms with Gasteiger partial charge in [-0.05, 0) is 69.7 Å². The molecule has 0 aromatic heterocycles. The van der Waals surface area contributed by atoms with Gasteiger partial charge in [-0.1, -0.05) is 154 Å². The molecule has 0 saturated heterocycles. The van der Waals surface area contributed by atoms with Gasteiger partial charge in [0.05, 0.1) is 0 Å². The highest BCUT2D eigenvalue weighted by Gasteiger charge is 2.68. The van der Waals surface area contributed by atoms with Crippen LogP contribution in [0, 0.1) is 34.0 Å². The van der Waals surface area contributed by atoms with Crippen molar-refractivity contribution >= 4 is 0 Å². The Kier molecular flexibility index (Phi) is 18.1. The first kappa shape index (κ1) is 41.5. The van der Waals surface area contributed by atoms with Crippen molar-refractivity contribution < 1.29 is 10.2 Å². The van der Waals surface area contributed by atoms with Crippen molar-refractivity contribution in [2.75, 3.05) is 0 Å². The van der Waals surface area contributed by atoms with Gasteiger partial charge in [0, 0.05) is 0 Å². The lowest BCUT2D eigenvalue weighted by molar-refractivity contribution is -0.224. The molecule has 2 aromatic rings. The fourth-order valence-corrected chi connectivity index (χ4v) is 6.06. The van der Waals surface area contributed by atoms with Gasteiger partial charge in [0.2, 0.25) is 0 Å². The Labute approximate surface area is 245 Å². The molecular weight excluding hydrogens is 476 g/mol. The predicted octanol–water partition coefficient (Wildman–Crippen LogP) is 12.4. The lowest BCUT2D eigenvalue weighted by Gasteiger charge is -2.73. The van der Waals surface area contributed by atoms with Gasteiger partial charge in [-0.2, -0.15) is 0 Å². The van der Waals surface area contributed by atoms with Crippen LogP contribution in [0.3, 0.4) is 0 Å². The van der Waals surface area contributed by atoms with E-state index in [0.29, 0.717) is 17.4 Å². The lowest BCUT2D eigenvalue weighted by atomic mass is 9.31. The third kappa shape index (κ3) is 8.51. The van der Waals surface area contributed by atoms with Crippen LogP contribution in [0.5, 0.6) is 11.5 Å². The lowest BCUT2D eigenvalue weighted by Crippen LogP contribution is -2.66. The van der Waals surface area contributed by atoms with Gasteiger partial charge < -0.3 is 10.2 Å². The molecule has 3 rings (SSSR count). The Balaban J connectivity index is -0.000000672. The summed E-state index contributed by atoms with van der Waals surface area (Å²) in [6, 6.07) is 15.0. The number of aromatic hydroxyl groups is 2. The summed E-state index contributed by atoms with van der Waals surface area (Å²) in [6.45, 7) is 42.4. The zero-order chi connectivity index (χ0) is 32.0. The zero-order valence-electron chi connectivity index (χ0n) is 29.6. The molecule has 0 aliphatic heterocycles. The first-order chi connectivity index (χ1) is 17.9. The van der Waals surface area contributed by atoms with Crippen molar-refractivity contribution in [1.82, 2.24) is 0 Å². The smallest absolute Gasteiger partial charge is 0.115 e. The Hall–Kier alpha value is -1.96. The molecule has 2 N–H and O–H groups in total. The van der Waals surface area contributed by atoms with Crippen LogP contribution in [0.25, 0.3) is 0 Å². The quantitative estimate of drug-likeness (QED) is 0.375. The standard InChI is InChI=1S/C22H36O.C7H8O.4C2H6/c1-18(2)17(15-11-13-16(23)14-12-15)19(3,4)21(7,8)22(9,10)20(18,5)6;1-6-2-4-7(8)5-3-6;4*1-2/h11-14,17,23H,1-10H3;2-5,8H,1H3;4*1-2H3. The number of aryl methyl sites for hydroxylation is 1. The summed E-state index contributed by atoms with van der Waals surface area (Å²) < 4.78 is 0. The molecule has 2 aromatic carbocycles. The third-order valence-electron chi connectivity index (χ3n) is 10.1. The van der Waals surface area contributed by atoms with Gasteiger partial charge in [0.15, 0.2) is 0 Å². The van der Waals surface area contributed by atoms with E-state index in [0.717, 1.165) is 0 Å².